The second-order valence-electron chi connectivity index (χ2n) is 17.7. The molecule has 0 spiro atoms. The van der Waals surface area contributed by atoms with Crippen molar-refractivity contribution in [2.24, 2.45) is 40.9 Å². The van der Waals surface area contributed by atoms with E-state index in [1.807, 2.05) is 33.8 Å². The molecule has 2 heterocycles. The lowest BCUT2D eigenvalue weighted by Crippen LogP contribution is -2.58. The van der Waals surface area contributed by atoms with Crippen LogP contribution in [0.4, 0.5) is 0 Å². The zero-order valence-corrected chi connectivity index (χ0v) is 34.0. The number of carbonyl (C=O) groups excluding carboxylic acids is 6. The van der Waals surface area contributed by atoms with Gasteiger partial charge >= 0.3 is 5.97 Å². The van der Waals surface area contributed by atoms with E-state index in [2.05, 4.69) is 15.3 Å². The van der Waals surface area contributed by atoms with Crippen LogP contribution >= 0.6 is 0 Å². The second-order valence-corrected chi connectivity index (χ2v) is 17.7. The van der Waals surface area contributed by atoms with Crippen molar-refractivity contribution in [2.45, 2.75) is 130 Å². The van der Waals surface area contributed by atoms with Gasteiger partial charge in [0.15, 0.2) is 17.3 Å². The van der Waals surface area contributed by atoms with Crippen molar-refractivity contribution in [3.63, 3.8) is 0 Å². The molecule has 0 radical (unpaired) electrons. The quantitative estimate of drug-likeness (QED) is 0.122. The zero-order valence-electron chi connectivity index (χ0n) is 34.0. The fourth-order valence-corrected chi connectivity index (χ4v) is 9.50. The number of carboxylic acids is 1. The van der Waals surface area contributed by atoms with Crippen LogP contribution < -0.4 is 5.32 Å². The van der Waals surface area contributed by atoms with Gasteiger partial charge in [-0.05, 0) is 67.3 Å². The summed E-state index contributed by atoms with van der Waals surface area (Å²) in [6.07, 6.45) is 11.6. The first-order valence-corrected chi connectivity index (χ1v) is 21.0. The summed E-state index contributed by atoms with van der Waals surface area (Å²) in [7, 11) is 0. The standard InChI is InChI=1S/C45H60N4O8/c1-5-13-30(40(53)38(52)24-32(44(56)57)22-28-14-8-6-9-15-28)23-37(51)39-33-19-12-18-31(33)27-49(39)43(55)41(45(2,3)4)48-42(54)34(29-16-10-7-11-17-29)25-36(50)35-26-46-20-21-47-35/h6,8-9,14-15,20-21,26,29-34,39,41H,5,7,10-13,16-19,22-25,27H2,1-4H3,(H,48,54)(H,56,57)/t30?,31-,32+,33-,34-,39-,41+/m0/s1. The molecule has 12 heteroatoms. The fraction of sp³-hybridized carbons (Fsp3) is 0.622. The van der Waals surface area contributed by atoms with Gasteiger partial charge in [0.1, 0.15) is 11.7 Å². The van der Waals surface area contributed by atoms with Gasteiger partial charge in [-0.3, -0.25) is 38.5 Å². The number of likely N-dealkylation sites (tertiary alicyclic amines) is 1. The van der Waals surface area contributed by atoms with Crippen LogP contribution in [0.3, 0.4) is 0 Å². The Morgan fingerprint density at radius 3 is 2.23 bits per heavy atom. The predicted octanol–water partition coefficient (Wildman–Crippen LogP) is 6.25. The van der Waals surface area contributed by atoms with E-state index >= 15 is 0 Å². The first-order valence-electron chi connectivity index (χ1n) is 21.0. The zero-order chi connectivity index (χ0) is 41.3. The molecule has 2 aliphatic carbocycles. The third kappa shape index (κ3) is 11.1. The molecule has 2 N–H and O–H groups in total. The van der Waals surface area contributed by atoms with Crippen molar-refractivity contribution < 1.29 is 38.7 Å². The molecule has 2 aromatic rings. The molecule has 12 nitrogen and oxygen atoms in total. The molecule has 2 amide bonds. The number of fused-ring (bicyclic) bond motifs is 1. The normalized spacial score (nSPS) is 21.8. The number of nitrogens with zero attached hydrogens (tertiary/aromatic N) is 3. The van der Waals surface area contributed by atoms with Crippen molar-refractivity contribution in [1.29, 1.82) is 0 Å². The highest BCUT2D eigenvalue weighted by Crippen LogP contribution is 2.44. The topological polar surface area (TPSA) is 181 Å². The molecule has 0 bridgehead atoms. The molecule has 3 fully saturated rings. The van der Waals surface area contributed by atoms with Crippen LogP contribution in [0.5, 0.6) is 0 Å². The van der Waals surface area contributed by atoms with Crippen molar-refractivity contribution >= 4 is 40.9 Å². The Kier molecular flexibility index (Phi) is 15.0. The van der Waals surface area contributed by atoms with Crippen LogP contribution in [0.1, 0.15) is 127 Å². The average Bonchev–Trinajstić information content (AvgIpc) is 3.80. The number of aromatic nitrogens is 2. The number of ketones is 4. The average molecular weight is 785 g/mol. The number of hydrogen-bond donors (Lipinski definition) is 2. The Balaban J connectivity index is 1.34. The van der Waals surface area contributed by atoms with Crippen molar-refractivity contribution in [3.05, 3.63) is 60.2 Å². The van der Waals surface area contributed by atoms with E-state index in [4.69, 9.17) is 0 Å². The van der Waals surface area contributed by atoms with Gasteiger partial charge in [0, 0.05) is 50.0 Å². The van der Waals surface area contributed by atoms with Gasteiger partial charge in [-0.1, -0.05) is 90.1 Å². The molecule has 1 unspecified atom stereocenters. The number of amides is 2. The molecular formula is C45H60N4O8. The van der Waals surface area contributed by atoms with Gasteiger partial charge in [-0.15, -0.1) is 0 Å². The summed E-state index contributed by atoms with van der Waals surface area (Å²) in [6.45, 7) is 7.82. The Hall–Kier alpha value is -4.61. The maximum Gasteiger partial charge on any atom is 0.307 e. The molecule has 1 saturated heterocycles. The van der Waals surface area contributed by atoms with E-state index in [0.29, 0.717) is 13.0 Å². The van der Waals surface area contributed by atoms with Crippen LogP contribution in [0.2, 0.25) is 0 Å². The minimum atomic E-state index is -1.17. The predicted molar refractivity (Wildman–Crippen MR) is 213 cm³/mol. The summed E-state index contributed by atoms with van der Waals surface area (Å²) in [5.74, 6) is -6.75. The van der Waals surface area contributed by atoms with E-state index in [1.165, 1.54) is 18.6 Å². The highest BCUT2D eigenvalue weighted by molar-refractivity contribution is 6.38. The number of aliphatic carboxylic acids is 1. The molecule has 5 rings (SSSR count). The van der Waals surface area contributed by atoms with E-state index < -0.39 is 59.2 Å². The Morgan fingerprint density at radius 2 is 1.60 bits per heavy atom. The summed E-state index contributed by atoms with van der Waals surface area (Å²) in [5.41, 5.74) is 0.180. The minimum Gasteiger partial charge on any atom is -0.481 e. The van der Waals surface area contributed by atoms with Crippen LogP contribution in [0.15, 0.2) is 48.9 Å². The van der Waals surface area contributed by atoms with Gasteiger partial charge in [0.05, 0.1) is 18.2 Å². The number of carboxylic acid groups (broad SMARTS) is 1. The van der Waals surface area contributed by atoms with Crippen LogP contribution in [0.25, 0.3) is 0 Å². The lowest BCUT2D eigenvalue weighted by atomic mass is 9.76. The first kappa shape index (κ1) is 43.5. The Bertz CT molecular complexity index is 1750. The number of benzene rings is 1. The first-order chi connectivity index (χ1) is 27.2. The molecule has 57 heavy (non-hydrogen) atoms. The monoisotopic (exact) mass is 784 g/mol. The molecule has 308 valence electrons. The van der Waals surface area contributed by atoms with Gasteiger partial charge < -0.3 is 15.3 Å². The molecule has 3 aliphatic rings. The van der Waals surface area contributed by atoms with Gasteiger partial charge in [0.25, 0.3) is 0 Å². The maximum absolute atomic E-state index is 14.8. The van der Waals surface area contributed by atoms with E-state index in [-0.39, 0.29) is 72.5 Å². The number of Topliss-reactive ketones (excluding diaryl/α,β-unsaturated/α-hetero) is 4. The number of hydrogen-bond acceptors (Lipinski definition) is 9. The smallest absolute Gasteiger partial charge is 0.307 e. The molecule has 1 aromatic heterocycles. The van der Waals surface area contributed by atoms with Crippen molar-refractivity contribution in [1.82, 2.24) is 20.2 Å². The third-order valence-electron chi connectivity index (χ3n) is 12.5. The maximum atomic E-state index is 14.8. The van der Waals surface area contributed by atoms with E-state index in [0.717, 1.165) is 56.9 Å². The SMILES string of the molecule is CCCC(CC(=O)[C@@H]1[C@H]2CCC[C@H]2CN1C(=O)[C@@H](NC(=O)[C@@H](CC(=O)c1cnccn1)C1CCCCC1)C(C)(C)C)C(=O)C(=O)C[C@@H](Cc1ccccc1)C(=O)O. The number of rotatable bonds is 19. The largest absolute Gasteiger partial charge is 0.481 e. The summed E-state index contributed by atoms with van der Waals surface area (Å²) in [6, 6.07) is 7.13. The number of carbonyl (C=O) groups is 7. The minimum absolute atomic E-state index is 0.0320. The van der Waals surface area contributed by atoms with Crippen molar-refractivity contribution in [3.8, 4) is 0 Å². The second kappa shape index (κ2) is 19.7. The summed E-state index contributed by atoms with van der Waals surface area (Å²) >= 11 is 0. The molecule has 1 aliphatic heterocycles. The van der Waals surface area contributed by atoms with E-state index in [1.54, 1.807) is 29.2 Å². The summed E-state index contributed by atoms with van der Waals surface area (Å²) < 4.78 is 0. The van der Waals surface area contributed by atoms with Crippen LogP contribution in [-0.2, 0) is 35.2 Å². The van der Waals surface area contributed by atoms with Crippen LogP contribution in [0, 0.1) is 40.9 Å². The number of nitrogens with one attached hydrogen (secondary N) is 1. The van der Waals surface area contributed by atoms with Gasteiger partial charge in [-0.2, -0.15) is 0 Å². The molecule has 7 atom stereocenters. The Morgan fingerprint density at radius 1 is 0.877 bits per heavy atom. The Labute approximate surface area is 336 Å². The van der Waals surface area contributed by atoms with Crippen molar-refractivity contribution in [2.75, 3.05) is 6.54 Å². The molecule has 1 aromatic carbocycles. The highest BCUT2D eigenvalue weighted by Gasteiger charge is 2.52. The van der Waals surface area contributed by atoms with E-state index in [9.17, 15) is 38.7 Å². The lowest BCUT2D eigenvalue weighted by molar-refractivity contribution is -0.147. The summed E-state index contributed by atoms with van der Waals surface area (Å²) in [4.78, 5) is 106. The highest BCUT2D eigenvalue weighted by atomic mass is 16.4. The molecular weight excluding hydrogens is 725 g/mol. The third-order valence-corrected chi connectivity index (χ3v) is 12.5. The van der Waals surface area contributed by atoms with Gasteiger partial charge in [0.2, 0.25) is 17.6 Å². The lowest BCUT2D eigenvalue weighted by Gasteiger charge is -2.38. The van der Waals surface area contributed by atoms with Crippen LogP contribution in [-0.4, -0.2) is 79.5 Å². The fourth-order valence-electron chi connectivity index (χ4n) is 9.50. The summed E-state index contributed by atoms with van der Waals surface area (Å²) in [5, 5.41) is 13.0. The van der Waals surface area contributed by atoms with Gasteiger partial charge in [-0.25, -0.2) is 4.98 Å². The molecule has 2 saturated carbocycles.